The van der Waals surface area contributed by atoms with Crippen LogP contribution in [-0.2, 0) is 22.2 Å². The number of ether oxygens (including phenoxy) is 1. The number of hydrogen-bond donors (Lipinski definition) is 0. The Labute approximate surface area is 108 Å². The molecule has 0 aromatic heterocycles. The highest BCUT2D eigenvalue weighted by Crippen LogP contribution is 2.36. The fourth-order valence-electron chi connectivity index (χ4n) is 1.65. The molecule has 0 heterocycles. The van der Waals surface area contributed by atoms with Crippen LogP contribution in [0.4, 0.5) is 13.2 Å². The summed E-state index contributed by atoms with van der Waals surface area (Å²) in [6.07, 6.45) is -4.90. The predicted molar refractivity (Wildman–Crippen MR) is 61.8 cm³/mol. The molecule has 0 fully saturated rings. The number of carbonyl (C=O) groups is 2. The molecule has 3 nitrogen and oxygen atoms in total. The molecular formula is C13H13F3O3. The van der Waals surface area contributed by atoms with Crippen molar-refractivity contribution in [3.63, 3.8) is 0 Å². The number of alkyl halides is 3. The van der Waals surface area contributed by atoms with Crippen LogP contribution in [0.1, 0.15) is 31.4 Å². The van der Waals surface area contributed by atoms with Gasteiger partial charge in [-0.3, -0.25) is 9.59 Å². The Morgan fingerprint density at radius 1 is 1.26 bits per heavy atom. The molecule has 0 radical (unpaired) electrons. The molecule has 0 spiro atoms. The lowest BCUT2D eigenvalue weighted by molar-refractivity contribution is -0.140. The zero-order valence-electron chi connectivity index (χ0n) is 10.5. The first-order valence-corrected chi connectivity index (χ1v) is 5.65. The first-order chi connectivity index (χ1) is 8.75. The van der Waals surface area contributed by atoms with Gasteiger partial charge in [-0.25, -0.2) is 0 Å². The Morgan fingerprint density at radius 2 is 1.89 bits per heavy atom. The second-order valence-electron chi connectivity index (χ2n) is 3.99. The van der Waals surface area contributed by atoms with E-state index in [0.29, 0.717) is 0 Å². The van der Waals surface area contributed by atoms with Crippen molar-refractivity contribution in [1.82, 2.24) is 0 Å². The Balaban J connectivity index is 3.08. The third-order valence-corrected chi connectivity index (χ3v) is 2.41. The van der Waals surface area contributed by atoms with E-state index in [2.05, 4.69) is 0 Å². The zero-order valence-corrected chi connectivity index (χ0v) is 10.5. The van der Waals surface area contributed by atoms with Crippen LogP contribution in [0.3, 0.4) is 0 Å². The molecule has 0 saturated heterocycles. The van der Waals surface area contributed by atoms with E-state index in [-0.39, 0.29) is 17.7 Å². The van der Waals surface area contributed by atoms with Gasteiger partial charge >= 0.3 is 12.1 Å². The lowest BCUT2D eigenvalue weighted by Gasteiger charge is -2.15. The Bertz CT molecular complexity index is 492. The molecule has 0 bridgehead atoms. The summed E-state index contributed by atoms with van der Waals surface area (Å²) in [6, 6.07) is 3.38. The number of esters is 1. The minimum Gasteiger partial charge on any atom is -0.426 e. The molecule has 104 valence electrons. The molecule has 19 heavy (non-hydrogen) atoms. The van der Waals surface area contributed by atoms with Gasteiger partial charge in [0.1, 0.15) is 18.0 Å². The third-order valence-electron chi connectivity index (χ3n) is 2.41. The lowest BCUT2D eigenvalue weighted by Crippen LogP contribution is -2.15. The van der Waals surface area contributed by atoms with E-state index < -0.39 is 29.9 Å². The van der Waals surface area contributed by atoms with Gasteiger partial charge < -0.3 is 4.74 Å². The van der Waals surface area contributed by atoms with Crippen molar-refractivity contribution in [3.05, 3.63) is 29.3 Å². The highest BCUT2D eigenvalue weighted by Gasteiger charge is 2.34. The summed E-state index contributed by atoms with van der Waals surface area (Å²) in [5.41, 5.74) is -0.921. The maximum absolute atomic E-state index is 12.8. The number of hydrogen-bond acceptors (Lipinski definition) is 3. The minimum atomic E-state index is -4.51. The fourth-order valence-corrected chi connectivity index (χ4v) is 1.65. The average molecular weight is 274 g/mol. The number of rotatable bonds is 4. The molecule has 0 unspecified atom stereocenters. The zero-order chi connectivity index (χ0) is 14.6. The molecule has 0 atom stereocenters. The summed E-state index contributed by atoms with van der Waals surface area (Å²) in [4.78, 5) is 22.1. The van der Waals surface area contributed by atoms with Gasteiger partial charge in [0.15, 0.2) is 0 Å². The second kappa shape index (κ2) is 5.86. The van der Waals surface area contributed by atoms with Crippen molar-refractivity contribution < 1.29 is 27.5 Å². The van der Waals surface area contributed by atoms with Crippen molar-refractivity contribution in [2.24, 2.45) is 0 Å². The normalized spacial score (nSPS) is 11.2. The molecule has 0 aliphatic rings. The Hall–Kier alpha value is -1.85. The van der Waals surface area contributed by atoms with Crippen LogP contribution in [0.25, 0.3) is 0 Å². The van der Waals surface area contributed by atoms with Crippen LogP contribution in [0.2, 0.25) is 0 Å². The van der Waals surface area contributed by atoms with Crippen molar-refractivity contribution in [1.29, 1.82) is 0 Å². The maximum Gasteiger partial charge on any atom is 0.416 e. The van der Waals surface area contributed by atoms with E-state index in [0.717, 1.165) is 6.07 Å². The molecule has 0 aliphatic heterocycles. The van der Waals surface area contributed by atoms with Crippen LogP contribution in [0.15, 0.2) is 18.2 Å². The van der Waals surface area contributed by atoms with Gasteiger partial charge in [-0.15, -0.1) is 0 Å². The van der Waals surface area contributed by atoms with Crippen molar-refractivity contribution in [2.45, 2.75) is 32.9 Å². The molecule has 0 saturated carbocycles. The minimum absolute atomic E-state index is 0.0678. The van der Waals surface area contributed by atoms with Gasteiger partial charge in [0.05, 0.1) is 5.56 Å². The number of halogens is 3. The largest absolute Gasteiger partial charge is 0.426 e. The first kappa shape index (κ1) is 15.2. The highest BCUT2D eigenvalue weighted by molar-refractivity contribution is 5.95. The van der Waals surface area contributed by atoms with E-state index >= 15 is 0 Å². The summed E-state index contributed by atoms with van der Waals surface area (Å²) >= 11 is 0. The summed E-state index contributed by atoms with van der Waals surface area (Å²) in [6.45, 7) is 2.74. The molecular weight excluding hydrogens is 261 g/mol. The fraction of sp³-hybridized carbons (Fsp3) is 0.385. The molecule has 6 heteroatoms. The topological polar surface area (TPSA) is 43.4 Å². The number of ketones is 1. The molecule has 0 aliphatic carbocycles. The van der Waals surface area contributed by atoms with Gasteiger partial charge in [-0.05, 0) is 25.5 Å². The highest BCUT2D eigenvalue weighted by atomic mass is 19.4. The smallest absolute Gasteiger partial charge is 0.416 e. The van der Waals surface area contributed by atoms with Crippen molar-refractivity contribution >= 4 is 11.8 Å². The molecule has 1 aromatic rings. The van der Waals surface area contributed by atoms with E-state index in [1.54, 1.807) is 0 Å². The Kier molecular flexibility index (Phi) is 4.69. The first-order valence-electron chi connectivity index (χ1n) is 5.65. The molecule has 1 aromatic carbocycles. The van der Waals surface area contributed by atoms with Gasteiger partial charge in [0.2, 0.25) is 0 Å². The van der Waals surface area contributed by atoms with Gasteiger partial charge in [0.25, 0.3) is 0 Å². The number of Topliss-reactive ketones (excluding diaryl/α,β-unsaturated/α-hetero) is 1. The van der Waals surface area contributed by atoms with Crippen molar-refractivity contribution in [2.75, 3.05) is 0 Å². The van der Waals surface area contributed by atoms with Gasteiger partial charge in [-0.2, -0.15) is 13.2 Å². The molecule has 1 rings (SSSR count). The van der Waals surface area contributed by atoms with E-state index in [1.807, 2.05) is 0 Å². The number of benzene rings is 1. The second-order valence-corrected chi connectivity index (χ2v) is 3.99. The SMILES string of the molecule is CCc1c(OC(=O)CC(C)=O)cccc1C(F)(F)F. The third kappa shape index (κ3) is 4.08. The van der Waals surface area contributed by atoms with Crippen LogP contribution >= 0.6 is 0 Å². The molecule has 0 amide bonds. The van der Waals surface area contributed by atoms with E-state index in [9.17, 15) is 22.8 Å². The van der Waals surface area contributed by atoms with Crippen LogP contribution in [0, 0.1) is 0 Å². The lowest BCUT2D eigenvalue weighted by atomic mass is 10.0. The van der Waals surface area contributed by atoms with Crippen LogP contribution < -0.4 is 4.74 Å². The average Bonchev–Trinajstić information content (AvgIpc) is 2.26. The summed E-state index contributed by atoms with van der Waals surface area (Å²) < 4.78 is 43.1. The van der Waals surface area contributed by atoms with E-state index in [1.165, 1.54) is 26.0 Å². The predicted octanol–water partition coefficient (Wildman–Crippen LogP) is 3.15. The molecule has 0 N–H and O–H groups in total. The number of carbonyl (C=O) groups excluding carboxylic acids is 2. The van der Waals surface area contributed by atoms with Crippen molar-refractivity contribution in [3.8, 4) is 5.75 Å². The van der Waals surface area contributed by atoms with E-state index in [4.69, 9.17) is 4.74 Å². The van der Waals surface area contributed by atoms with Gasteiger partial charge in [-0.1, -0.05) is 13.0 Å². The van der Waals surface area contributed by atoms with Crippen LogP contribution in [0.5, 0.6) is 5.75 Å². The van der Waals surface area contributed by atoms with Gasteiger partial charge in [0, 0.05) is 5.56 Å². The maximum atomic E-state index is 12.8. The summed E-state index contributed by atoms with van der Waals surface area (Å²) in [5, 5.41) is 0. The monoisotopic (exact) mass is 274 g/mol. The summed E-state index contributed by atoms with van der Waals surface area (Å²) in [5.74, 6) is -1.42. The van der Waals surface area contributed by atoms with Crippen LogP contribution in [-0.4, -0.2) is 11.8 Å². The Morgan fingerprint density at radius 3 is 2.37 bits per heavy atom. The summed E-state index contributed by atoms with van der Waals surface area (Å²) in [7, 11) is 0. The standard InChI is InChI=1S/C13H13F3O3/c1-3-9-10(13(14,15)16)5-4-6-11(9)19-12(18)7-8(2)17/h4-6H,3,7H2,1-2H3. The quantitative estimate of drug-likeness (QED) is 0.481.